The Morgan fingerprint density at radius 1 is 1.14 bits per heavy atom. The number of hydrogen-bond donors (Lipinski definition) is 0. The van der Waals surface area contributed by atoms with Gasteiger partial charge in [-0.3, -0.25) is 14.5 Å². The summed E-state index contributed by atoms with van der Waals surface area (Å²) in [6, 6.07) is 3.91. The average molecular weight is 298 g/mol. The number of carbonyl (C=O) groups is 3. The number of nitrogens with zero attached hydrogens (tertiary/aromatic N) is 1. The van der Waals surface area contributed by atoms with Crippen LogP contribution in [-0.4, -0.2) is 29.2 Å². The van der Waals surface area contributed by atoms with E-state index >= 15 is 0 Å². The number of allylic oxidation sites excluding steroid dienone is 1. The molecule has 22 heavy (non-hydrogen) atoms. The minimum Gasteiger partial charge on any atom is -0.545 e. The largest absolute Gasteiger partial charge is 0.545 e. The molecule has 0 aromatic heterocycles. The van der Waals surface area contributed by atoms with Crippen LogP contribution in [0.1, 0.15) is 63.2 Å². The molecule has 1 heterocycles. The van der Waals surface area contributed by atoms with Crippen LogP contribution in [0.2, 0.25) is 0 Å². The normalized spacial score (nSPS) is 17.5. The second-order valence-electron chi connectivity index (χ2n) is 5.67. The van der Waals surface area contributed by atoms with Crippen molar-refractivity contribution in [3.63, 3.8) is 0 Å². The van der Waals surface area contributed by atoms with Crippen molar-refractivity contribution in [1.82, 2.24) is 4.90 Å². The van der Waals surface area contributed by atoms with Gasteiger partial charge in [0.15, 0.2) is 0 Å². The van der Waals surface area contributed by atoms with Crippen LogP contribution in [0.5, 0.6) is 0 Å². The highest BCUT2D eigenvalue weighted by Gasteiger charge is 2.35. The minimum absolute atomic E-state index is 0.0864. The Hall–Kier alpha value is -2.43. The summed E-state index contributed by atoms with van der Waals surface area (Å²) in [6.07, 6.45) is 7.32. The van der Waals surface area contributed by atoms with E-state index in [0.29, 0.717) is 13.0 Å². The fraction of sp³-hybridized carbons (Fsp3) is 0.353. The maximum Gasteiger partial charge on any atom is 0.261 e. The van der Waals surface area contributed by atoms with E-state index in [0.717, 1.165) is 19.3 Å². The molecule has 2 aliphatic rings. The molecular weight excluding hydrogens is 282 g/mol. The van der Waals surface area contributed by atoms with E-state index in [2.05, 4.69) is 6.08 Å². The Balaban J connectivity index is 1.77. The molecular formula is C17H16NO4-. The number of carbonyl (C=O) groups excluding carboxylic acids is 3. The first-order valence-electron chi connectivity index (χ1n) is 7.47. The van der Waals surface area contributed by atoms with Gasteiger partial charge in [-0.05, 0) is 49.8 Å². The summed E-state index contributed by atoms with van der Waals surface area (Å²) < 4.78 is 0. The second kappa shape index (κ2) is 5.75. The number of imide groups is 1. The van der Waals surface area contributed by atoms with Crippen LogP contribution < -0.4 is 5.11 Å². The lowest BCUT2D eigenvalue weighted by Crippen LogP contribution is -2.31. The topological polar surface area (TPSA) is 77.5 Å². The van der Waals surface area contributed by atoms with Gasteiger partial charge in [0.2, 0.25) is 0 Å². The molecule has 0 spiro atoms. The van der Waals surface area contributed by atoms with Crippen LogP contribution in [0.3, 0.4) is 0 Å². The van der Waals surface area contributed by atoms with Crippen molar-refractivity contribution in [2.24, 2.45) is 0 Å². The highest BCUT2D eigenvalue weighted by molar-refractivity contribution is 6.21. The summed E-state index contributed by atoms with van der Waals surface area (Å²) >= 11 is 0. The fourth-order valence-corrected chi connectivity index (χ4v) is 3.01. The third-order valence-corrected chi connectivity index (χ3v) is 4.25. The lowest BCUT2D eigenvalue weighted by atomic mass is 9.97. The van der Waals surface area contributed by atoms with Gasteiger partial charge in [0.1, 0.15) is 0 Å². The van der Waals surface area contributed by atoms with Crippen LogP contribution >= 0.6 is 0 Å². The molecule has 0 fully saturated rings. The van der Waals surface area contributed by atoms with E-state index < -0.39 is 11.9 Å². The SMILES string of the molecule is O=C([O-])c1ccc2c(c1)C(=O)N(CCC1=CCCCC1)C2=O. The molecule has 1 aromatic rings. The van der Waals surface area contributed by atoms with Crippen molar-refractivity contribution in [1.29, 1.82) is 0 Å². The number of hydrogen-bond acceptors (Lipinski definition) is 4. The number of rotatable bonds is 4. The molecule has 1 aliphatic carbocycles. The Morgan fingerprint density at radius 2 is 1.91 bits per heavy atom. The standard InChI is InChI=1S/C17H17NO4/c19-15-13-7-6-12(17(21)22)10-14(13)16(20)18(15)9-8-11-4-2-1-3-5-11/h4,6-7,10H,1-3,5,8-9H2,(H,21,22)/p-1. The average Bonchev–Trinajstić information content (AvgIpc) is 2.77. The van der Waals surface area contributed by atoms with Gasteiger partial charge in [-0.25, -0.2) is 0 Å². The summed E-state index contributed by atoms with van der Waals surface area (Å²) in [6.45, 7) is 0.346. The summed E-state index contributed by atoms with van der Waals surface area (Å²) in [5, 5.41) is 10.9. The Kier molecular flexibility index (Phi) is 3.79. The smallest absolute Gasteiger partial charge is 0.261 e. The van der Waals surface area contributed by atoms with E-state index in [-0.39, 0.29) is 22.6 Å². The number of fused-ring (bicyclic) bond motifs is 1. The molecule has 0 saturated heterocycles. The molecule has 1 aliphatic heterocycles. The van der Waals surface area contributed by atoms with Crippen molar-refractivity contribution < 1.29 is 19.5 Å². The molecule has 5 nitrogen and oxygen atoms in total. The number of carboxylic acids is 1. The molecule has 114 valence electrons. The minimum atomic E-state index is -1.35. The predicted molar refractivity (Wildman–Crippen MR) is 77.3 cm³/mol. The van der Waals surface area contributed by atoms with Crippen molar-refractivity contribution >= 4 is 17.8 Å². The molecule has 0 bridgehead atoms. The molecule has 1 aromatic carbocycles. The van der Waals surface area contributed by atoms with E-state index in [9.17, 15) is 19.5 Å². The number of aromatic carboxylic acids is 1. The van der Waals surface area contributed by atoms with E-state index in [1.165, 1.54) is 35.1 Å². The van der Waals surface area contributed by atoms with Gasteiger partial charge in [0, 0.05) is 6.54 Å². The molecule has 5 heteroatoms. The van der Waals surface area contributed by atoms with Crippen molar-refractivity contribution in [2.75, 3.05) is 6.54 Å². The highest BCUT2D eigenvalue weighted by Crippen LogP contribution is 2.26. The molecule has 3 rings (SSSR count). The zero-order valence-corrected chi connectivity index (χ0v) is 12.1. The molecule has 0 N–H and O–H groups in total. The first-order chi connectivity index (χ1) is 10.6. The van der Waals surface area contributed by atoms with Gasteiger partial charge in [0.25, 0.3) is 11.8 Å². The number of amides is 2. The Morgan fingerprint density at radius 3 is 2.59 bits per heavy atom. The van der Waals surface area contributed by atoms with Gasteiger partial charge in [-0.2, -0.15) is 0 Å². The van der Waals surface area contributed by atoms with Crippen LogP contribution in [0.15, 0.2) is 29.8 Å². The van der Waals surface area contributed by atoms with Gasteiger partial charge in [0.05, 0.1) is 17.1 Å². The zero-order valence-electron chi connectivity index (χ0n) is 12.1. The fourth-order valence-electron chi connectivity index (χ4n) is 3.01. The van der Waals surface area contributed by atoms with Crippen LogP contribution in [0.4, 0.5) is 0 Å². The van der Waals surface area contributed by atoms with Gasteiger partial charge in [-0.1, -0.05) is 17.7 Å². The maximum absolute atomic E-state index is 12.3. The van der Waals surface area contributed by atoms with Gasteiger partial charge < -0.3 is 9.90 Å². The van der Waals surface area contributed by atoms with Crippen molar-refractivity contribution in [3.05, 3.63) is 46.5 Å². The summed E-state index contributed by atoms with van der Waals surface area (Å²) in [5.74, 6) is -2.12. The van der Waals surface area contributed by atoms with E-state index in [1.807, 2.05) is 0 Å². The molecule has 0 saturated carbocycles. The summed E-state index contributed by atoms with van der Waals surface area (Å²) in [4.78, 5) is 36.7. The monoisotopic (exact) mass is 298 g/mol. The quantitative estimate of drug-likeness (QED) is 0.624. The van der Waals surface area contributed by atoms with E-state index in [4.69, 9.17) is 0 Å². The van der Waals surface area contributed by atoms with Crippen LogP contribution in [0.25, 0.3) is 0 Å². The molecule has 0 atom stereocenters. The Labute approximate surface area is 128 Å². The van der Waals surface area contributed by atoms with Gasteiger partial charge in [-0.15, -0.1) is 0 Å². The van der Waals surface area contributed by atoms with Crippen molar-refractivity contribution in [3.8, 4) is 0 Å². The van der Waals surface area contributed by atoms with Crippen LogP contribution in [0, 0.1) is 0 Å². The number of carboxylic acid groups (broad SMARTS) is 1. The molecule has 0 unspecified atom stereocenters. The lowest BCUT2D eigenvalue weighted by Gasteiger charge is -2.17. The second-order valence-corrected chi connectivity index (χ2v) is 5.67. The highest BCUT2D eigenvalue weighted by atomic mass is 16.4. The summed E-state index contributed by atoms with van der Waals surface area (Å²) in [5.41, 5.74) is 1.63. The Bertz CT molecular complexity index is 690. The van der Waals surface area contributed by atoms with Crippen LogP contribution in [-0.2, 0) is 0 Å². The molecule has 2 amide bonds. The summed E-state index contributed by atoms with van der Waals surface area (Å²) in [7, 11) is 0. The van der Waals surface area contributed by atoms with Gasteiger partial charge >= 0.3 is 0 Å². The molecule has 0 radical (unpaired) electrons. The first kappa shape index (κ1) is 14.5. The third-order valence-electron chi connectivity index (χ3n) is 4.25. The van der Waals surface area contributed by atoms with Crippen molar-refractivity contribution in [2.45, 2.75) is 32.1 Å². The zero-order chi connectivity index (χ0) is 15.7. The predicted octanol–water partition coefficient (Wildman–Crippen LogP) is 1.54. The maximum atomic E-state index is 12.3. The first-order valence-corrected chi connectivity index (χ1v) is 7.47. The lowest BCUT2D eigenvalue weighted by molar-refractivity contribution is -0.255. The number of benzene rings is 1. The van der Waals surface area contributed by atoms with E-state index in [1.54, 1.807) is 0 Å². The third kappa shape index (κ3) is 2.54.